The number of carbonyl (C=O) groups excluding carboxylic acids is 1. The van der Waals surface area contributed by atoms with Gasteiger partial charge in [0.25, 0.3) is 0 Å². The molecule has 3 nitrogen and oxygen atoms in total. The maximum Gasteiger partial charge on any atom is 0.122 e. The van der Waals surface area contributed by atoms with Gasteiger partial charge in [-0.15, -0.1) is 0 Å². The molecular formula is C12H23NO2. The summed E-state index contributed by atoms with van der Waals surface area (Å²) in [6, 6.07) is 0. The smallest absolute Gasteiger partial charge is 0.122 e. The Bertz CT molecular complexity index is 222. The zero-order valence-corrected chi connectivity index (χ0v) is 10.4. The number of aldehydes is 1. The van der Waals surface area contributed by atoms with Gasteiger partial charge in [0, 0.05) is 25.6 Å². The van der Waals surface area contributed by atoms with E-state index in [0.717, 1.165) is 32.2 Å². The largest absolute Gasteiger partial charge is 0.376 e. The Morgan fingerprint density at radius 2 is 2.13 bits per heavy atom. The van der Waals surface area contributed by atoms with Crippen molar-refractivity contribution in [3.63, 3.8) is 0 Å². The highest BCUT2D eigenvalue weighted by atomic mass is 16.5. The van der Waals surface area contributed by atoms with E-state index in [1.807, 2.05) is 0 Å². The molecule has 0 amide bonds. The second-order valence-corrected chi connectivity index (χ2v) is 5.45. The minimum absolute atomic E-state index is 0.160. The van der Waals surface area contributed by atoms with Crippen molar-refractivity contribution >= 4 is 6.29 Å². The van der Waals surface area contributed by atoms with E-state index in [9.17, 15) is 4.79 Å². The number of nitrogens with zero attached hydrogens (tertiary/aromatic N) is 1. The van der Waals surface area contributed by atoms with Crippen LogP contribution in [0, 0.1) is 0 Å². The number of hydrogen-bond acceptors (Lipinski definition) is 3. The molecule has 0 aromatic rings. The topological polar surface area (TPSA) is 29.5 Å². The minimum atomic E-state index is -0.243. The SMILES string of the molecule is COC1(CC=O)CCCN(C(C)(C)C)C1. The number of likely N-dealkylation sites (tertiary alicyclic amines) is 1. The molecule has 1 atom stereocenters. The highest BCUT2D eigenvalue weighted by Gasteiger charge is 2.38. The van der Waals surface area contributed by atoms with E-state index >= 15 is 0 Å². The lowest BCUT2D eigenvalue weighted by molar-refractivity contribution is -0.122. The summed E-state index contributed by atoms with van der Waals surface area (Å²) < 4.78 is 5.57. The van der Waals surface area contributed by atoms with Gasteiger partial charge < -0.3 is 9.53 Å². The highest BCUT2D eigenvalue weighted by molar-refractivity contribution is 5.51. The highest BCUT2D eigenvalue weighted by Crippen LogP contribution is 2.30. The van der Waals surface area contributed by atoms with Gasteiger partial charge in [0.05, 0.1) is 5.60 Å². The van der Waals surface area contributed by atoms with Gasteiger partial charge in [-0.25, -0.2) is 0 Å². The minimum Gasteiger partial charge on any atom is -0.376 e. The third-order valence-electron chi connectivity index (χ3n) is 3.38. The third kappa shape index (κ3) is 3.02. The summed E-state index contributed by atoms with van der Waals surface area (Å²) >= 11 is 0. The van der Waals surface area contributed by atoms with Gasteiger partial charge in [-0.3, -0.25) is 4.90 Å². The average molecular weight is 213 g/mol. The number of ether oxygens (including phenoxy) is 1. The molecule has 0 saturated carbocycles. The Balaban J connectivity index is 2.72. The Labute approximate surface area is 92.8 Å². The molecule has 1 saturated heterocycles. The first-order valence-electron chi connectivity index (χ1n) is 5.67. The van der Waals surface area contributed by atoms with Gasteiger partial charge in [0.2, 0.25) is 0 Å². The van der Waals surface area contributed by atoms with Gasteiger partial charge in [0.1, 0.15) is 6.29 Å². The van der Waals surface area contributed by atoms with Crippen molar-refractivity contribution in [3.8, 4) is 0 Å². The van der Waals surface area contributed by atoms with Crippen molar-refractivity contribution < 1.29 is 9.53 Å². The van der Waals surface area contributed by atoms with Crippen molar-refractivity contribution in [2.75, 3.05) is 20.2 Å². The van der Waals surface area contributed by atoms with E-state index in [-0.39, 0.29) is 11.1 Å². The Morgan fingerprint density at radius 1 is 1.47 bits per heavy atom. The molecule has 0 aliphatic carbocycles. The zero-order chi connectivity index (χ0) is 11.5. The van der Waals surface area contributed by atoms with Crippen LogP contribution in [-0.2, 0) is 9.53 Å². The van der Waals surface area contributed by atoms with Crippen LogP contribution in [0.2, 0.25) is 0 Å². The maximum absolute atomic E-state index is 10.7. The molecular weight excluding hydrogens is 190 g/mol. The van der Waals surface area contributed by atoms with Crippen LogP contribution in [0.15, 0.2) is 0 Å². The molecule has 0 radical (unpaired) electrons. The van der Waals surface area contributed by atoms with Crippen LogP contribution >= 0.6 is 0 Å². The molecule has 1 fully saturated rings. The molecule has 0 aromatic heterocycles. The van der Waals surface area contributed by atoms with Crippen molar-refractivity contribution in [1.29, 1.82) is 0 Å². The summed E-state index contributed by atoms with van der Waals surface area (Å²) in [7, 11) is 1.72. The van der Waals surface area contributed by atoms with Crippen molar-refractivity contribution in [3.05, 3.63) is 0 Å². The van der Waals surface area contributed by atoms with Crippen LogP contribution in [0.4, 0.5) is 0 Å². The standard InChI is InChI=1S/C12H23NO2/c1-11(2,3)13-8-5-6-12(10-13,15-4)7-9-14/h9H,5-8,10H2,1-4H3. The number of methoxy groups -OCH3 is 1. The lowest BCUT2D eigenvalue weighted by atomic mass is 9.87. The number of carbonyl (C=O) groups is 1. The Kier molecular flexibility index (Phi) is 3.90. The molecule has 1 unspecified atom stereocenters. The van der Waals surface area contributed by atoms with Crippen LogP contribution in [0.1, 0.15) is 40.0 Å². The van der Waals surface area contributed by atoms with Crippen LogP contribution in [0.5, 0.6) is 0 Å². The summed E-state index contributed by atoms with van der Waals surface area (Å²) in [5.41, 5.74) is -0.0830. The summed E-state index contributed by atoms with van der Waals surface area (Å²) in [6.07, 6.45) is 3.60. The predicted octanol–water partition coefficient (Wildman–Crippen LogP) is 1.85. The maximum atomic E-state index is 10.7. The lowest BCUT2D eigenvalue weighted by Crippen LogP contribution is -2.55. The van der Waals surface area contributed by atoms with E-state index < -0.39 is 0 Å². The average Bonchev–Trinajstić information content (AvgIpc) is 2.17. The summed E-state index contributed by atoms with van der Waals surface area (Å²) in [5.74, 6) is 0. The molecule has 1 rings (SSSR count). The monoisotopic (exact) mass is 213 g/mol. The van der Waals surface area contributed by atoms with Gasteiger partial charge in [0.15, 0.2) is 0 Å². The van der Waals surface area contributed by atoms with Crippen LogP contribution < -0.4 is 0 Å². The number of hydrogen-bond donors (Lipinski definition) is 0. The van der Waals surface area contributed by atoms with Crippen LogP contribution in [0.25, 0.3) is 0 Å². The van der Waals surface area contributed by atoms with Gasteiger partial charge in [-0.2, -0.15) is 0 Å². The van der Waals surface area contributed by atoms with Crippen LogP contribution in [-0.4, -0.2) is 42.5 Å². The second-order valence-electron chi connectivity index (χ2n) is 5.45. The first kappa shape index (κ1) is 12.7. The van der Waals surface area contributed by atoms with Crippen molar-refractivity contribution in [2.24, 2.45) is 0 Å². The van der Waals surface area contributed by atoms with E-state index in [1.165, 1.54) is 0 Å². The van der Waals surface area contributed by atoms with E-state index in [0.29, 0.717) is 6.42 Å². The number of piperidine rings is 1. The van der Waals surface area contributed by atoms with Gasteiger partial charge in [-0.1, -0.05) is 0 Å². The molecule has 1 heterocycles. The summed E-state index contributed by atoms with van der Waals surface area (Å²) in [4.78, 5) is 13.1. The summed E-state index contributed by atoms with van der Waals surface area (Å²) in [5, 5.41) is 0. The molecule has 3 heteroatoms. The Hall–Kier alpha value is -0.410. The molecule has 15 heavy (non-hydrogen) atoms. The quantitative estimate of drug-likeness (QED) is 0.670. The molecule has 88 valence electrons. The fourth-order valence-corrected chi connectivity index (χ4v) is 2.24. The zero-order valence-electron chi connectivity index (χ0n) is 10.4. The van der Waals surface area contributed by atoms with Crippen molar-refractivity contribution in [2.45, 2.75) is 51.2 Å². The fourth-order valence-electron chi connectivity index (χ4n) is 2.24. The van der Waals surface area contributed by atoms with Gasteiger partial charge in [-0.05, 0) is 40.2 Å². The first-order chi connectivity index (χ1) is 6.93. The Morgan fingerprint density at radius 3 is 2.60 bits per heavy atom. The molecule has 0 bridgehead atoms. The molecule has 0 aromatic carbocycles. The molecule has 1 aliphatic heterocycles. The van der Waals surface area contributed by atoms with E-state index in [1.54, 1.807) is 7.11 Å². The predicted molar refractivity (Wildman–Crippen MR) is 61.0 cm³/mol. The third-order valence-corrected chi connectivity index (χ3v) is 3.38. The number of rotatable bonds is 3. The summed E-state index contributed by atoms with van der Waals surface area (Å²) in [6.45, 7) is 8.60. The first-order valence-corrected chi connectivity index (χ1v) is 5.67. The molecule has 0 spiro atoms. The normalized spacial score (nSPS) is 29.1. The molecule has 1 aliphatic rings. The van der Waals surface area contributed by atoms with Crippen LogP contribution in [0.3, 0.4) is 0 Å². The van der Waals surface area contributed by atoms with E-state index in [2.05, 4.69) is 25.7 Å². The molecule has 0 N–H and O–H groups in total. The van der Waals surface area contributed by atoms with E-state index in [4.69, 9.17) is 4.74 Å². The fraction of sp³-hybridized carbons (Fsp3) is 0.917. The van der Waals surface area contributed by atoms with Gasteiger partial charge >= 0.3 is 0 Å². The lowest BCUT2D eigenvalue weighted by Gasteiger charge is -2.46. The van der Waals surface area contributed by atoms with Crippen molar-refractivity contribution in [1.82, 2.24) is 4.90 Å². The second kappa shape index (κ2) is 4.62.